The zero-order valence-electron chi connectivity index (χ0n) is 15.1. The fourth-order valence-corrected chi connectivity index (χ4v) is 3.29. The highest BCUT2D eigenvalue weighted by Crippen LogP contribution is 2.37. The fraction of sp³-hybridized carbons (Fsp3) is 0.350. The first-order chi connectivity index (χ1) is 12.2. The van der Waals surface area contributed by atoms with Gasteiger partial charge in [0.15, 0.2) is 11.5 Å². The predicted molar refractivity (Wildman–Crippen MR) is 97.8 cm³/mol. The van der Waals surface area contributed by atoms with Crippen molar-refractivity contribution in [3.05, 3.63) is 53.6 Å². The van der Waals surface area contributed by atoms with Gasteiger partial charge in [0.2, 0.25) is 5.79 Å². The van der Waals surface area contributed by atoms with E-state index in [4.69, 9.17) is 9.47 Å². The molecule has 3 rings (SSSR count). The van der Waals surface area contributed by atoms with Gasteiger partial charge < -0.3 is 25.0 Å². The molecule has 0 saturated heterocycles. The monoisotopic (exact) mass is 357 g/mol. The van der Waals surface area contributed by atoms with Crippen molar-refractivity contribution < 1.29 is 24.5 Å². The molecule has 1 aliphatic carbocycles. The Morgan fingerprint density at radius 1 is 1.12 bits per heavy atom. The van der Waals surface area contributed by atoms with Gasteiger partial charge in [-0.2, -0.15) is 0 Å². The number of carbonyl (C=O) groups is 1. The number of hydrogen-bond donors (Lipinski definition) is 3. The number of benzene rings is 2. The molecule has 0 aliphatic heterocycles. The van der Waals surface area contributed by atoms with Crippen LogP contribution in [0.2, 0.25) is 0 Å². The van der Waals surface area contributed by atoms with Crippen LogP contribution in [0, 0.1) is 0 Å². The minimum atomic E-state index is -1.39. The molecule has 0 bridgehead atoms. The van der Waals surface area contributed by atoms with E-state index in [2.05, 4.69) is 5.32 Å². The van der Waals surface area contributed by atoms with Crippen LogP contribution < -0.4 is 14.8 Å². The maximum absolute atomic E-state index is 12.1. The minimum Gasteiger partial charge on any atom is -0.493 e. The number of carboxylic acid groups (broad SMARTS) is 1. The molecule has 138 valence electrons. The van der Waals surface area contributed by atoms with Crippen molar-refractivity contribution in [1.82, 2.24) is 0 Å². The van der Waals surface area contributed by atoms with Crippen molar-refractivity contribution in [3.8, 4) is 11.5 Å². The van der Waals surface area contributed by atoms with Crippen LogP contribution in [-0.2, 0) is 17.6 Å². The highest BCUT2D eigenvalue weighted by molar-refractivity contribution is 5.85. The number of nitrogens with one attached hydrogen (secondary N) is 1. The molecule has 0 radical (unpaired) electrons. The second-order valence-electron chi connectivity index (χ2n) is 7.05. The zero-order chi connectivity index (χ0) is 18.9. The summed E-state index contributed by atoms with van der Waals surface area (Å²) in [5.41, 5.74) is 1.53. The summed E-state index contributed by atoms with van der Waals surface area (Å²) >= 11 is 0. The largest absolute Gasteiger partial charge is 0.493 e. The van der Waals surface area contributed by atoms with Gasteiger partial charge in [-0.15, -0.1) is 0 Å². The molecule has 2 aromatic carbocycles. The zero-order valence-corrected chi connectivity index (χ0v) is 15.1. The van der Waals surface area contributed by atoms with Crippen LogP contribution in [0.1, 0.15) is 25.0 Å². The lowest BCUT2D eigenvalue weighted by atomic mass is 9.95. The van der Waals surface area contributed by atoms with E-state index in [1.54, 1.807) is 18.2 Å². The second-order valence-corrected chi connectivity index (χ2v) is 7.05. The number of carboxylic acids is 1. The van der Waals surface area contributed by atoms with Gasteiger partial charge in [0.1, 0.15) is 5.54 Å². The Kier molecular flexibility index (Phi) is 4.54. The lowest BCUT2D eigenvalue weighted by Crippen LogP contribution is -2.47. The van der Waals surface area contributed by atoms with Gasteiger partial charge in [0, 0.05) is 38.4 Å². The topological polar surface area (TPSA) is 88.0 Å². The predicted octanol–water partition coefficient (Wildman–Crippen LogP) is 2.84. The van der Waals surface area contributed by atoms with E-state index in [0.29, 0.717) is 30.0 Å². The number of hydrogen-bond acceptors (Lipinski definition) is 5. The number of rotatable bonds is 6. The highest BCUT2D eigenvalue weighted by Gasteiger charge is 2.44. The van der Waals surface area contributed by atoms with Gasteiger partial charge in [0.05, 0.1) is 7.11 Å². The molecule has 0 atom stereocenters. The molecule has 1 aliphatic rings. The molecule has 0 aromatic heterocycles. The molecule has 2 aromatic rings. The van der Waals surface area contributed by atoms with Gasteiger partial charge in [-0.3, -0.25) is 0 Å². The Balaban J connectivity index is 1.92. The summed E-state index contributed by atoms with van der Waals surface area (Å²) in [5, 5.41) is 23.0. The third-order valence-electron chi connectivity index (χ3n) is 4.42. The summed E-state index contributed by atoms with van der Waals surface area (Å²) in [6.45, 7) is 3.03. The number of fused-ring (bicyclic) bond motifs is 1. The molecule has 3 N–H and O–H groups in total. The van der Waals surface area contributed by atoms with Crippen LogP contribution in [-0.4, -0.2) is 34.6 Å². The molecule has 26 heavy (non-hydrogen) atoms. The molecule has 0 saturated carbocycles. The van der Waals surface area contributed by atoms with Crippen molar-refractivity contribution in [3.63, 3.8) is 0 Å². The van der Waals surface area contributed by atoms with Gasteiger partial charge >= 0.3 is 5.97 Å². The minimum absolute atomic E-state index is 0.334. The average molecular weight is 357 g/mol. The molecule has 0 unspecified atom stereocenters. The number of aliphatic hydroxyl groups is 1. The Morgan fingerprint density at radius 2 is 1.73 bits per heavy atom. The molecular formula is C20H23NO5. The summed E-state index contributed by atoms with van der Waals surface area (Å²) < 4.78 is 10.8. The third-order valence-corrected chi connectivity index (χ3v) is 4.42. The number of anilines is 1. The summed E-state index contributed by atoms with van der Waals surface area (Å²) in [6.07, 6.45) is 0.790. The summed E-state index contributed by atoms with van der Waals surface area (Å²) in [7, 11) is 1.51. The first-order valence-corrected chi connectivity index (χ1v) is 8.40. The van der Waals surface area contributed by atoms with Crippen molar-refractivity contribution in [2.45, 2.75) is 38.0 Å². The van der Waals surface area contributed by atoms with Crippen LogP contribution in [0.15, 0.2) is 42.5 Å². The van der Waals surface area contributed by atoms with Gasteiger partial charge in [-0.1, -0.05) is 24.3 Å². The maximum Gasteiger partial charge on any atom is 0.330 e. The molecule has 0 amide bonds. The molecule has 0 spiro atoms. The molecular weight excluding hydrogens is 334 g/mol. The smallest absolute Gasteiger partial charge is 0.330 e. The average Bonchev–Trinajstić information content (AvgIpc) is 2.93. The Labute approximate surface area is 152 Å². The van der Waals surface area contributed by atoms with Crippen molar-refractivity contribution in [2.24, 2.45) is 0 Å². The summed E-state index contributed by atoms with van der Waals surface area (Å²) in [5.74, 6) is -1.51. The van der Waals surface area contributed by atoms with Crippen LogP contribution in [0.4, 0.5) is 5.69 Å². The van der Waals surface area contributed by atoms with Crippen molar-refractivity contribution >= 4 is 11.7 Å². The maximum atomic E-state index is 12.1. The SMILES string of the molecule is COc1ccc(NC2(C(=O)O)Cc3ccccc3C2)cc1OC(C)(C)O. The molecule has 0 heterocycles. The Bertz CT molecular complexity index is 800. The second kappa shape index (κ2) is 6.53. The van der Waals surface area contributed by atoms with Crippen molar-refractivity contribution in [2.75, 3.05) is 12.4 Å². The number of methoxy groups -OCH3 is 1. The van der Waals surface area contributed by atoms with E-state index in [1.165, 1.54) is 21.0 Å². The van der Waals surface area contributed by atoms with E-state index in [-0.39, 0.29) is 0 Å². The van der Waals surface area contributed by atoms with E-state index in [0.717, 1.165) is 11.1 Å². The molecule has 6 heteroatoms. The van der Waals surface area contributed by atoms with Gasteiger partial charge in [0.25, 0.3) is 0 Å². The normalized spacial score (nSPS) is 15.2. The van der Waals surface area contributed by atoms with Crippen LogP contribution in [0.5, 0.6) is 11.5 Å². The van der Waals surface area contributed by atoms with Gasteiger partial charge in [-0.25, -0.2) is 4.79 Å². The highest BCUT2D eigenvalue weighted by atomic mass is 16.6. The lowest BCUT2D eigenvalue weighted by molar-refractivity contribution is -0.142. The first kappa shape index (κ1) is 18.1. The lowest BCUT2D eigenvalue weighted by Gasteiger charge is -2.28. The quantitative estimate of drug-likeness (QED) is 0.689. The van der Waals surface area contributed by atoms with E-state index >= 15 is 0 Å². The first-order valence-electron chi connectivity index (χ1n) is 8.40. The number of ether oxygens (including phenoxy) is 2. The van der Waals surface area contributed by atoms with E-state index in [9.17, 15) is 15.0 Å². The number of aliphatic carboxylic acids is 1. The summed E-state index contributed by atoms with van der Waals surface area (Å²) in [4.78, 5) is 12.1. The molecule has 6 nitrogen and oxygen atoms in total. The summed E-state index contributed by atoms with van der Waals surface area (Å²) in [6, 6.07) is 12.8. The van der Waals surface area contributed by atoms with E-state index < -0.39 is 17.3 Å². The third kappa shape index (κ3) is 3.60. The Hall–Kier alpha value is -2.73. The van der Waals surface area contributed by atoms with Crippen LogP contribution >= 0.6 is 0 Å². The van der Waals surface area contributed by atoms with Gasteiger partial charge in [-0.05, 0) is 23.3 Å². The Morgan fingerprint density at radius 3 is 2.23 bits per heavy atom. The standard InChI is InChI=1S/C20H23NO5/c1-19(2,24)26-17-10-15(8-9-16(17)25-3)21-20(18(22)23)11-13-6-4-5-7-14(13)12-20/h4-10,21,24H,11-12H2,1-3H3,(H,22,23). The van der Waals surface area contributed by atoms with Crippen LogP contribution in [0.25, 0.3) is 0 Å². The van der Waals surface area contributed by atoms with Crippen LogP contribution in [0.3, 0.4) is 0 Å². The van der Waals surface area contributed by atoms with E-state index in [1.807, 2.05) is 24.3 Å². The fourth-order valence-electron chi connectivity index (χ4n) is 3.29. The van der Waals surface area contributed by atoms with Crippen molar-refractivity contribution in [1.29, 1.82) is 0 Å². The molecule has 0 fully saturated rings.